The Morgan fingerprint density at radius 2 is 2.00 bits per heavy atom. The van der Waals surface area contributed by atoms with Crippen LogP contribution in [0, 0.1) is 18.3 Å². The van der Waals surface area contributed by atoms with E-state index in [9.17, 15) is 0 Å². The maximum absolute atomic E-state index is 9.09. The normalized spacial score (nSPS) is 18.7. The molecule has 0 bridgehead atoms. The molecule has 7 heteroatoms. The first-order valence-electron chi connectivity index (χ1n) is 10.8. The quantitative estimate of drug-likeness (QED) is 0.678. The molecule has 1 fully saturated rings. The first kappa shape index (κ1) is 20.0. The summed E-state index contributed by atoms with van der Waals surface area (Å²) in [6.45, 7) is 6.16. The van der Waals surface area contributed by atoms with Crippen molar-refractivity contribution in [1.82, 2.24) is 15.3 Å². The van der Waals surface area contributed by atoms with E-state index in [2.05, 4.69) is 45.5 Å². The smallest absolute Gasteiger partial charge is 0.135 e. The van der Waals surface area contributed by atoms with Crippen LogP contribution in [0.15, 0.2) is 36.4 Å². The van der Waals surface area contributed by atoms with Crippen LogP contribution >= 0.6 is 11.6 Å². The fraction of sp³-hybridized carbons (Fsp3) is 0.375. The lowest BCUT2D eigenvalue weighted by molar-refractivity contribution is 0.458. The summed E-state index contributed by atoms with van der Waals surface area (Å²) < 4.78 is 0. The molecule has 31 heavy (non-hydrogen) atoms. The summed E-state index contributed by atoms with van der Waals surface area (Å²) in [6.07, 6.45) is 1.40. The summed E-state index contributed by atoms with van der Waals surface area (Å²) in [4.78, 5) is 14.4. The van der Waals surface area contributed by atoms with Gasteiger partial charge in [-0.05, 0) is 30.9 Å². The molecular formula is C24H25ClN6. The van der Waals surface area contributed by atoms with Gasteiger partial charge in [0.15, 0.2) is 0 Å². The molecule has 1 aromatic heterocycles. The zero-order valence-electron chi connectivity index (χ0n) is 17.6. The van der Waals surface area contributed by atoms with E-state index in [-0.39, 0.29) is 6.04 Å². The van der Waals surface area contributed by atoms with Gasteiger partial charge in [0.25, 0.3) is 0 Å². The number of fused-ring (bicyclic) bond motifs is 2. The molecule has 3 aromatic rings. The third kappa shape index (κ3) is 3.80. The number of halogens is 1. The standard InChI is InChI=1S/C24H25ClN6/c1-16-28-21-15-30(22-7-3-5-17-4-2-6-20(25)23(17)22)12-9-19(21)24(29-16)31-13-11-27-18(14-31)8-10-26/h2-7,18,27H,8-9,11-15H2,1H3/t18-/m0/s1. The maximum Gasteiger partial charge on any atom is 0.135 e. The van der Waals surface area contributed by atoms with Crippen LogP contribution < -0.4 is 15.1 Å². The van der Waals surface area contributed by atoms with Gasteiger partial charge in [-0.15, -0.1) is 0 Å². The van der Waals surface area contributed by atoms with E-state index < -0.39 is 0 Å². The molecule has 6 nitrogen and oxygen atoms in total. The summed E-state index contributed by atoms with van der Waals surface area (Å²) in [5, 5.41) is 15.6. The van der Waals surface area contributed by atoms with Gasteiger partial charge < -0.3 is 15.1 Å². The van der Waals surface area contributed by atoms with Crippen molar-refractivity contribution in [3.8, 4) is 6.07 Å². The van der Waals surface area contributed by atoms with Crippen molar-refractivity contribution in [2.24, 2.45) is 0 Å². The lowest BCUT2D eigenvalue weighted by atomic mass is 10.0. The van der Waals surface area contributed by atoms with Gasteiger partial charge in [-0.25, -0.2) is 9.97 Å². The van der Waals surface area contributed by atoms with E-state index in [1.165, 1.54) is 5.56 Å². The summed E-state index contributed by atoms with van der Waals surface area (Å²) in [5.74, 6) is 1.84. The highest BCUT2D eigenvalue weighted by Gasteiger charge is 2.28. The Labute approximate surface area is 187 Å². The number of benzene rings is 2. The van der Waals surface area contributed by atoms with Crippen LogP contribution in [0.2, 0.25) is 5.02 Å². The number of nitriles is 1. The van der Waals surface area contributed by atoms with Crippen molar-refractivity contribution < 1.29 is 0 Å². The van der Waals surface area contributed by atoms with Crippen LogP contribution in [-0.4, -0.2) is 42.2 Å². The fourth-order valence-corrected chi connectivity index (χ4v) is 5.08. The van der Waals surface area contributed by atoms with Crippen LogP contribution in [0.1, 0.15) is 23.5 Å². The molecule has 0 amide bonds. The number of aromatic nitrogens is 2. The molecule has 5 rings (SSSR count). The largest absolute Gasteiger partial charge is 0.365 e. The predicted molar refractivity (Wildman–Crippen MR) is 125 cm³/mol. The topological polar surface area (TPSA) is 68.1 Å². The van der Waals surface area contributed by atoms with E-state index in [0.29, 0.717) is 6.42 Å². The first-order chi connectivity index (χ1) is 15.1. The van der Waals surface area contributed by atoms with E-state index in [4.69, 9.17) is 26.8 Å². The van der Waals surface area contributed by atoms with Crippen molar-refractivity contribution in [3.05, 3.63) is 58.5 Å². The number of rotatable bonds is 3. The molecule has 0 radical (unpaired) electrons. The number of anilines is 2. The van der Waals surface area contributed by atoms with Gasteiger partial charge in [-0.3, -0.25) is 0 Å². The van der Waals surface area contributed by atoms with Gasteiger partial charge in [0.05, 0.1) is 29.8 Å². The van der Waals surface area contributed by atoms with Crippen LogP contribution in [-0.2, 0) is 13.0 Å². The highest BCUT2D eigenvalue weighted by atomic mass is 35.5. The highest BCUT2D eigenvalue weighted by molar-refractivity contribution is 6.36. The molecule has 0 aliphatic carbocycles. The molecule has 1 N–H and O–H groups in total. The molecule has 0 spiro atoms. The molecule has 1 saturated heterocycles. The Hall–Kier alpha value is -2.88. The molecular weight excluding hydrogens is 408 g/mol. The van der Waals surface area contributed by atoms with E-state index >= 15 is 0 Å². The van der Waals surface area contributed by atoms with E-state index in [1.807, 2.05) is 19.1 Å². The second-order valence-corrected chi connectivity index (χ2v) is 8.67. The molecule has 2 aliphatic heterocycles. The highest BCUT2D eigenvalue weighted by Crippen LogP contribution is 2.36. The van der Waals surface area contributed by atoms with Gasteiger partial charge in [0.1, 0.15) is 11.6 Å². The number of piperazine rings is 1. The number of hydrogen-bond donors (Lipinski definition) is 1. The van der Waals surface area contributed by atoms with Gasteiger partial charge in [-0.1, -0.05) is 35.9 Å². The number of hydrogen-bond acceptors (Lipinski definition) is 6. The Morgan fingerprint density at radius 3 is 2.84 bits per heavy atom. The van der Waals surface area contributed by atoms with E-state index in [1.54, 1.807) is 0 Å². The molecule has 0 saturated carbocycles. The second kappa shape index (κ2) is 8.33. The number of nitrogens with zero attached hydrogens (tertiary/aromatic N) is 5. The fourth-order valence-electron chi connectivity index (χ4n) is 4.80. The van der Waals surface area contributed by atoms with Gasteiger partial charge in [-0.2, -0.15) is 5.26 Å². The molecule has 2 aliphatic rings. The summed E-state index contributed by atoms with van der Waals surface area (Å²) in [6, 6.07) is 14.9. The minimum absolute atomic E-state index is 0.183. The summed E-state index contributed by atoms with van der Waals surface area (Å²) in [7, 11) is 0. The van der Waals surface area contributed by atoms with Gasteiger partial charge in [0, 0.05) is 48.9 Å². The zero-order valence-corrected chi connectivity index (χ0v) is 18.4. The van der Waals surface area contributed by atoms with Crippen LogP contribution in [0.25, 0.3) is 10.8 Å². The lowest BCUT2D eigenvalue weighted by Crippen LogP contribution is -2.51. The minimum atomic E-state index is 0.183. The average molecular weight is 433 g/mol. The van der Waals surface area contributed by atoms with Gasteiger partial charge >= 0.3 is 0 Å². The zero-order chi connectivity index (χ0) is 21.4. The Balaban J connectivity index is 1.49. The monoisotopic (exact) mass is 432 g/mol. The molecule has 3 heterocycles. The first-order valence-corrected chi connectivity index (χ1v) is 11.2. The second-order valence-electron chi connectivity index (χ2n) is 8.27. The molecule has 0 unspecified atom stereocenters. The number of aryl methyl sites for hydroxylation is 1. The SMILES string of the molecule is Cc1nc2c(c(N3CCN[C@@H](CC#N)C3)n1)CCN(c1cccc3cccc(Cl)c13)C2. The van der Waals surface area contributed by atoms with Crippen molar-refractivity contribution >= 4 is 33.9 Å². The van der Waals surface area contributed by atoms with Crippen molar-refractivity contribution in [2.75, 3.05) is 36.0 Å². The van der Waals surface area contributed by atoms with Gasteiger partial charge in [0.2, 0.25) is 0 Å². The summed E-state index contributed by atoms with van der Waals surface area (Å²) in [5.41, 5.74) is 3.49. The predicted octanol–water partition coefficient (Wildman–Crippen LogP) is 3.85. The molecule has 158 valence electrons. The van der Waals surface area contributed by atoms with Crippen LogP contribution in [0.4, 0.5) is 11.5 Å². The third-order valence-corrected chi connectivity index (χ3v) is 6.54. The van der Waals surface area contributed by atoms with E-state index in [0.717, 1.165) is 78.0 Å². The Bertz CT molecular complexity index is 1170. The van der Waals surface area contributed by atoms with Crippen molar-refractivity contribution in [3.63, 3.8) is 0 Å². The molecule has 2 aromatic carbocycles. The third-order valence-electron chi connectivity index (χ3n) is 6.22. The van der Waals surface area contributed by atoms with Crippen LogP contribution in [0.5, 0.6) is 0 Å². The average Bonchev–Trinajstić information content (AvgIpc) is 2.78. The van der Waals surface area contributed by atoms with Crippen LogP contribution in [0.3, 0.4) is 0 Å². The summed E-state index contributed by atoms with van der Waals surface area (Å²) >= 11 is 6.59. The van der Waals surface area contributed by atoms with Crippen molar-refractivity contribution in [1.29, 1.82) is 5.26 Å². The number of nitrogens with one attached hydrogen (secondary N) is 1. The molecule has 1 atom stereocenters. The lowest BCUT2D eigenvalue weighted by Gasteiger charge is -2.37. The van der Waals surface area contributed by atoms with Crippen molar-refractivity contribution in [2.45, 2.75) is 32.4 Å². The minimum Gasteiger partial charge on any atom is -0.365 e. The maximum atomic E-state index is 9.09. The Morgan fingerprint density at radius 1 is 1.16 bits per heavy atom. The Kier molecular flexibility index (Phi) is 5.39.